The summed E-state index contributed by atoms with van der Waals surface area (Å²) < 4.78 is 26.7. The van der Waals surface area contributed by atoms with E-state index in [0.29, 0.717) is 25.6 Å². The van der Waals surface area contributed by atoms with Crippen LogP contribution in [0.3, 0.4) is 0 Å². The van der Waals surface area contributed by atoms with Crippen molar-refractivity contribution in [1.29, 1.82) is 0 Å². The molecule has 136 valence electrons. The van der Waals surface area contributed by atoms with Gasteiger partial charge < -0.3 is 16.0 Å². The lowest BCUT2D eigenvalue weighted by Gasteiger charge is -2.24. The molecule has 2 heterocycles. The van der Waals surface area contributed by atoms with Crippen molar-refractivity contribution in [2.24, 2.45) is 11.7 Å². The summed E-state index contributed by atoms with van der Waals surface area (Å²) in [5.41, 5.74) is 5.93. The molecule has 1 amide bonds. The fraction of sp³-hybridized carbons (Fsp3) is 0.667. The SMILES string of the molecule is CC(C)CC(CN)NC(=O)c1cc(S(=O)(=O)N2CCSCC2)c[nH]1. The lowest BCUT2D eigenvalue weighted by molar-refractivity contribution is 0.0929. The quantitative estimate of drug-likeness (QED) is 0.656. The van der Waals surface area contributed by atoms with Crippen molar-refractivity contribution in [3.63, 3.8) is 0 Å². The number of hydrogen-bond acceptors (Lipinski definition) is 5. The first-order chi connectivity index (χ1) is 11.3. The van der Waals surface area contributed by atoms with Gasteiger partial charge in [-0.25, -0.2) is 8.42 Å². The lowest BCUT2D eigenvalue weighted by atomic mass is 10.0. The molecule has 0 aromatic carbocycles. The summed E-state index contributed by atoms with van der Waals surface area (Å²) in [4.78, 5) is 15.2. The minimum Gasteiger partial charge on any atom is -0.356 e. The minimum atomic E-state index is -3.54. The van der Waals surface area contributed by atoms with Crippen LogP contribution in [0.25, 0.3) is 0 Å². The molecule has 1 aliphatic heterocycles. The molecule has 1 fully saturated rings. The van der Waals surface area contributed by atoms with E-state index in [0.717, 1.165) is 17.9 Å². The van der Waals surface area contributed by atoms with Crippen LogP contribution in [0.4, 0.5) is 0 Å². The zero-order chi connectivity index (χ0) is 17.7. The van der Waals surface area contributed by atoms with Crippen LogP contribution < -0.4 is 11.1 Å². The van der Waals surface area contributed by atoms with Crippen molar-refractivity contribution in [2.75, 3.05) is 31.1 Å². The van der Waals surface area contributed by atoms with E-state index in [1.165, 1.54) is 16.6 Å². The molecule has 9 heteroatoms. The van der Waals surface area contributed by atoms with E-state index in [1.54, 1.807) is 11.8 Å². The van der Waals surface area contributed by atoms with Crippen LogP contribution in [0.15, 0.2) is 17.2 Å². The van der Waals surface area contributed by atoms with E-state index in [9.17, 15) is 13.2 Å². The van der Waals surface area contributed by atoms with Gasteiger partial charge in [0.15, 0.2) is 0 Å². The molecule has 7 nitrogen and oxygen atoms in total. The largest absolute Gasteiger partial charge is 0.356 e. The molecular weight excluding hydrogens is 348 g/mol. The second kappa shape index (κ2) is 8.37. The number of hydrogen-bond donors (Lipinski definition) is 3. The van der Waals surface area contributed by atoms with E-state index in [2.05, 4.69) is 24.1 Å². The van der Waals surface area contributed by atoms with E-state index in [4.69, 9.17) is 5.73 Å². The second-order valence-corrected chi connectivity index (χ2v) is 9.46. The molecule has 0 radical (unpaired) electrons. The third-order valence-corrected chi connectivity index (χ3v) is 6.70. The highest BCUT2D eigenvalue weighted by atomic mass is 32.2. The zero-order valence-electron chi connectivity index (χ0n) is 14.1. The normalized spacial score (nSPS) is 17.8. The van der Waals surface area contributed by atoms with Crippen LogP contribution in [-0.4, -0.2) is 60.8 Å². The summed E-state index contributed by atoms with van der Waals surface area (Å²) in [6.45, 7) is 5.48. The van der Waals surface area contributed by atoms with Gasteiger partial charge >= 0.3 is 0 Å². The van der Waals surface area contributed by atoms with E-state index in [-0.39, 0.29) is 22.5 Å². The fourth-order valence-corrected chi connectivity index (χ4v) is 5.21. The van der Waals surface area contributed by atoms with Crippen LogP contribution in [0.1, 0.15) is 30.8 Å². The number of aromatic amines is 1. The topological polar surface area (TPSA) is 108 Å². The number of thioether (sulfide) groups is 1. The molecule has 2 rings (SSSR count). The van der Waals surface area contributed by atoms with Crippen molar-refractivity contribution >= 4 is 27.7 Å². The van der Waals surface area contributed by atoms with Gasteiger partial charge in [-0.15, -0.1) is 0 Å². The third kappa shape index (κ3) is 4.75. The number of amides is 1. The maximum atomic E-state index is 12.6. The molecule has 24 heavy (non-hydrogen) atoms. The van der Waals surface area contributed by atoms with Crippen LogP contribution in [0.5, 0.6) is 0 Å². The molecule has 0 bridgehead atoms. The first kappa shape index (κ1) is 19.3. The third-order valence-electron chi connectivity index (χ3n) is 3.88. The summed E-state index contributed by atoms with van der Waals surface area (Å²) in [5, 5.41) is 2.85. The van der Waals surface area contributed by atoms with Crippen molar-refractivity contribution in [3.8, 4) is 0 Å². The molecule has 1 aliphatic rings. The Morgan fingerprint density at radius 1 is 1.42 bits per heavy atom. The summed E-state index contributed by atoms with van der Waals surface area (Å²) in [7, 11) is -3.54. The highest BCUT2D eigenvalue weighted by Crippen LogP contribution is 2.21. The first-order valence-electron chi connectivity index (χ1n) is 8.12. The number of rotatable bonds is 7. The second-order valence-electron chi connectivity index (χ2n) is 6.30. The Balaban J connectivity index is 2.07. The van der Waals surface area contributed by atoms with Gasteiger partial charge in [0.2, 0.25) is 10.0 Å². The molecule has 0 spiro atoms. The number of nitrogens with zero attached hydrogens (tertiary/aromatic N) is 1. The van der Waals surface area contributed by atoms with Gasteiger partial charge in [0.05, 0.1) is 0 Å². The number of H-pyrrole nitrogens is 1. The molecule has 1 aromatic heterocycles. The number of carbonyl (C=O) groups excluding carboxylic acids is 1. The predicted octanol–water partition coefficient (Wildman–Crippen LogP) is 0.855. The average molecular weight is 375 g/mol. The number of nitrogens with one attached hydrogen (secondary N) is 2. The fourth-order valence-electron chi connectivity index (χ4n) is 2.64. The summed E-state index contributed by atoms with van der Waals surface area (Å²) in [5.74, 6) is 1.67. The molecule has 1 aromatic rings. The van der Waals surface area contributed by atoms with Crippen molar-refractivity contribution in [1.82, 2.24) is 14.6 Å². The van der Waals surface area contributed by atoms with Gasteiger partial charge in [-0.2, -0.15) is 16.1 Å². The van der Waals surface area contributed by atoms with Gasteiger partial charge in [-0.1, -0.05) is 13.8 Å². The van der Waals surface area contributed by atoms with E-state index >= 15 is 0 Å². The number of nitrogens with two attached hydrogens (primary N) is 1. The molecule has 4 N–H and O–H groups in total. The lowest BCUT2D eigenvalue weighted by Crippen LogP contribution is -2.41. The standard InChI is InChI=1S/C15H26N4O3S2/c1-11(2)7-12(9-16)18-15(20)14-8-13(10-17-14)24(21,22)19-3-5-23-6-4-19/h8,10-12,17H,3-7,9,16H2,1-2H3,(H,18,20). The Bertz CT molecular complexity index is 651. The molecule has 1 saturated heterocycles. The van der Waals surface area contributed by atoms with Crippen LogP contribution in [0.2, 0.25) is 0 Å². The maximum absolute atomic E-state index is 12.6. The van der Waals surface area contributed by atoms with E-state index in [1.807, 2.05) is 0 Å². The Kier molecular flexibility index (Phi) is 6.73. The smallest absolute Gasteiger partial charge is 0.267 e. The van der Waals surface area contributed by atoms with Crippen LogP contribution in [-0.2, 0) is 10.0 Å². The molecular formula is C15H26N4O3S2. The molecule has 1 atom stereocenters. The average Bonchev–Trinajstić information content (AvgIpc) is 3.05. The van der Waals surface area contributed by atoms with Crippen molar-refractivity contribution in [3.05, 3.63) is 18.0 Å². The van der Waals surface area contributed by atoms with Crippen LogP contribution in [0, 0.1) is 5.92 Å². The zero-order valence-corrected chi connectivity index (χ0v) is 15.8. The number of carbonyl (C=O) groups is 1. The Hall–Kier alpha value is -1.03. The monoisotopic (exact) mass is 374 g/mol. The Morgan fingerprint density at radius 3 is 2.67 bits per heavy atom. The summed E-state index contributed by atoms with van der Waals surface area (Å²) >= 11 is 1.74. The van der Waals surface area contributed by atoms with Crippen molar-refractivity contribution < 1.29 is 13.2 Å². The molecule has 0 saturated carbocycles. The molecule has 1 unspecified atom stereocenters. The molecule has 0 aliphatic carbocycles. The van der Waals surface area contributed by atoms with Gasteiger partial charge in [0.25, 0.3) is 5.91 Å². The number of aromatic nitrogens is 1. The predicted molar refractivity (Wildman–Crippen MR) is 96.6 cm³/mol. The maximum Gasteiger partial charge on any atom is 0.267 e. The van der Waals surface area contributed by atoms with Crippen LogP contribution >= 0.6 is 11.8 Å². The van der Waals surface area contributed by atoms with Crippen molar-refractivity contribution in [2.45, 2.75) is 31.2 Å². The van der Waals surface area contributed by atoms with Gasteiger partial charge in [0, 0.05) is 43.4 Å². The van der Waals surface area contributed by atoms with E-state index < -0.39 is 10.0 Å². The van der Waals surface area contributed by atoms with Gasteiger partial charge in [-0.05, 0) is 18.4 Å². The highest BCUT2D eigenvalue weighted by molar-refractivity contribution is 7.99. The summed E-state index contributed by atoms with van der Waals surface area (Å²) in [6.07, 6.45) is 2.16. The Morgan fingerprint density at radius 2 is 2.08 bits per heavy atom. The summed E-state index contributed by atoms with van der Waals surface area (Å²) in [6, 6.07) is 1.27. The van der Waals surface area contributed by atoms with Gasteiger partial charge in [-0.3, -0.25) is 4.79 Å². The highest BCUT2D eigenvalue weighted by Gasteiger charge is 2.28. The first-order valence-corrected chi connectivity index (χ1v) is 10.7. The minimum absolute atomic E-state index is 0.125. The van der Waals surface area contributed by atoms with Gasteiger partial charge in [0.1, 0.15) is 10.6 Å². The number of sulfonamides is 1. The Labute approximate surface area is 147 Å².